The highest BCUT2D eigenvalue weighted by atomic mass is 16.2. The van der Waals surface area contributed by atoms with Gasteiger partial charge >= 0.3 is 0 Å². The van der Waals surface area contributed by atoms with Crippen LogP contribution in [-0.4, -0.2) is 28.1 Å². The fraction of sp³-hybridized carbons (Fsp3) is 0.167. The topological polar surface area (TPSA) is 49.0 Å². The van der Waals surface area contributed by atoms with Crippen molar-refractivity contribution in [2.24, 2.45) is 0 Å². The summed E-state index contributed by atoms with van der Waals surface area (Å²) >= 11 is 0. The summed E-state index contributed by atoms with van der Waals surface area (Å²) in [7, 11) is 1.82. The van der Waals surface area contributed by atoms with Crippen molar-refractivity contribution in [2.45, 2.75) is 6.54 Å². The number of carbonyl (C=O) groups excluding carboxylic acids is 1. The fourth-order valence-electron chi connectivity index (χ4n) is 2.03. The molecule has 16 heavy (non-hydrogen) atoms. The molecule has 2 aromatic rings. The standard InChI is InChI=1S/C12H11N3O/c1-15-7-9-3-2-8(4-11(9)12(15)16)10-5-13-14-6-10/h2-6H,7H2,1H3,(H,13,14). The highest BCUT2D eigenvalue weighted by Gasteiger charge is 2.24. The first-order chi connectivity index (χ1) is 7.75. The quantitative estimate of drug-likeness (QED) is 0.783. The smallest absolute Gasteiger partial charge is 0.254 e. The number of carbonyl (C=O) groups is 1. The summed E-state index contributed by atoms with van der Waals surface area (Å²) in [6.07, 6.45) is 3.58. The number of hydrogen-bond acceptors (Lipinski definition) is 2. The average molecular weight is 213 g/mol. The Bertz CT molecular complexity index is 545. The Balaban J connectivity index is 2.11. The Morgan fingerprint density at radius 1 is 1.38 bits per heavy atom. The van der Waals surface area contributed by atoms with E-state index in [1.807, 2.05) is 31.4 Å². The zero-order valence-electron chi connectivity index (χ0n) is 8.90. The van der Waals surface area contributed by atoms with Gasteiger partial charge in [0.25, 0.3) is 5.91 Å². The maximum atomic E-state index is 11.8. The van der Waals surface area contributed by atoms with E-state index in [4.69, 9.17) is 0 Å². The summed E-state index contributed by atoms with van der Waals surface area (Å²) in [4.78, 5) is 13.5. The van der Waals surface area contributed by atoms with Crippen LogP contribution in [0.3, 0.4) is 0 Å². The Labute approximate surface area is 92.9 Å². The van der Waals surface area contributed by atoms with Gasteiger partial charge in [-0.2, -0.15) is 5.10 Å². The van der Waals surface area contributed by atoms with E-state index in [0.29, 0.717) is 6.54 Å². The van der Waals surface area contributed by atoms with Gasteiger partial charge in [0.15, 0.2) is 0 Å². The molecule has 2 heterocycles. The van der Waals surface area contributed by atoms with Crippen molar-refractivity contribution < 1.29 is 4.79 Å². The van der Waals surface area contributed by atoms with Gasteiger partial charge in [-0.1, -0.05) is 12.1 Å². The number of aromatic nitrogens is 2. The van der Waals surface area contributed by atoms with Crippen LogP contribution < -0.4 is 0 Å². The van der Waals surface area contributed by atoms with Crippen molar-refractivity contribution >= 4 is 5.91 Å². The molecule has 0 aliphatic carbocycles. The summed E-state index contributed by atoms with van der Waals surface area (Å²) in [6.45, 7) is 0.708. The summed E-state index contributed by atoms with van der Waals surface area (Å²) in [5.41, 5.74) is 3.93. The van der Waals surface area contributed by atoms with Gasteiger partial charge in [0, 0.05) is 30.9 Å². The van der Waals surface area contributed by atoms with Crippen LogP contribution in [0, 0.1) is 0 Å². The molecule has 1 amide bonds. The van der Waals surface area contributed by atoms with Crippen molar-refractivity contribution in [1.29, 1.82) is 0 Å². The van der Waals surface area contributed by atoms with E-state index in [9.17, 15) is 4.79 Å². The fourth-order valence-corrected chi connectivity index (χ4v) is 2.03. The van der Waals surface area contributed by atoms with Crippen LogP contribution in [0.4, 0.5) is 0 Å². The minimum Gasteiger partial charge on any atom is -0.337 e. The second kappa shape index (κ2) is 3.20. The molecule has 0 saturated heterocycles. The molecule has 1 N–H and O–H groups in total. The third kappa shape index (κ3) is 1.23. The molecule has 0 fully saturated rings. The van der Waals surface area contributed by atoms with Gasteiger partial charge in [-0.05, 0) is 17.2 Å². The Morgan fingerprint density at radius 3 is 3.00 bits per heavy atom. The molecule has 0 spiro atoms. The highest BCUT2D eigenvalue weighted by molar-refractivity contribution is 5.99. The van der Waals surface area contributed by atoms with Gasteiger partial charge in [0.2, 0.25) is 0 Å². The van der Waals surface area contributed by atoms with Crippen molar-refractivity contribution in [3.8, 4) is 11.1 Å². The zero-order valence-corrected chi connectivity index (χ0v) is 8.90. The average Bonchev–Trinajstić information content (AvgIpc) is 2.89. The van der Waals surface area contributed by atoms with Crippen LogP contribution >= 0.6 is 0 Å². The van der Waals surface area contributed by atoms with Crippen LogP contribution in [0.15, 0.2) is 30.6 Å². The maximum absolute atomic E-state index is 11.8. The lowest BCUT2D eigenvalue weighted by Gasteiger charge is -2.04. The van der Waals surface area contributed by atoms with E-state index in [1.165, 1.54) is 0 Å². The number of benzene rings is 1. The third-order valence-corrected chi connectivity index (χ3v) is 2.93. The van der Waals surface area contributed by atoms with Gasteiger partial charge in [0.05, 0.1) is 6.20 Å². The molecule has 0 unspecified atom stereocenters. The molecule has 3 rings (SSSR count). The molecule has 1 aromatic carbocycles. The van der Waals surface area contributed by atoms with E-state index >= 15 is 0 Å². The minimum absolute atomic E-state index is 0.0975. The number of H-pyrrole nitrogens is 1. The van der Waals surface area contributed by atoms with Gasteiger partial charge in [-0.15, -0.1) is 0 Å². The summed E-state index contributed by atoms with van der Waals surface area (Å²) < 4.78 is 0. The first-order valence-corrected chi connectivity index (χ1v) is 5.13. The van der Waals surface area contributed by atoms with Crippen LogP contribution in [0.1, 0.15) is 15.9 Å². The molecule has 4 nitrogen and oxygen atoms in total. The molecular formula is C12H11N3O. The molecule has 0 atom stereocenters. The molecule has 0 radical (unpaired) electrons. The lowest BCUT2D eigenvalue weighted by molar-refractivity contribution is 0.0816. The lowest BCUT2D eigenvalue weighted by Crippen LogP contribution is -2.17. The molecule has 4 heteroatoms. The number of fused-ring (bicyclic) bond motifs is 1. The SMILES string of the molecule is CN1Cc2ccc(-c3cn[nH]c3)cc2C1=O. The number of amides is 1. The Hall–Kier alpha value is -2.10. The van der Waals surface area contributed by atoms with Crippen LogP contribution in [0.2, 0.25) is 0 Å². The lowest BCUT2D eigenvalue weighted by atomic mass is 10.0. The van der Waals surface area contributed by atoms with Gasteiger partial charge in [0.1, 0.15) is 0 Å². The van der Waals surface area contributed by atoms with Gasteiger partial charge < -0.3 is 4.90 Å². The number of rotatable bonds is 1. The monoisotopic (exact) mass is 213 g/mol. The molecule has 1 aliphatic rings. The second-order valence-corrected chi connectivity index (χ2v) is 4.02. The van der Waals surface area contributed by atoms with E-state index < -0.39 is 0 Å². The normalized spacial score (nSPS) is 14.3. The number of hydrogen-bond donors (Lipinski definition) is 1. The summed E-state index contributed by atoms with van der Waals surface area (Å²) in [5, 5.41) is 6.68. The van der Waals surface area contributed by atoms with E-state index in [1.54, 1.807) is 11.1 Å². The highest BCUT2D eigenvalue weighted by Crippen LogP contribution is 2.27. The Morgan fingerprint density at radius 2 is 2.25 bits per heavy atom. The van der Waals surface area contributed by atoms with Crippen molar-refractivity contribution in [3.63, 3.8) is 0 Å². The molecular weight excluding hydrogens is 202 g/mol. The predicted octanol–water partition coefficient (Wildman–Crippen LogP) is 1.66. The number of aromatic amines is 1. The van der Waals surface area contributed by atoms with Crippen LogP contribution in [-0.2, 0) is 6.54 Å². The van der Waals surface area contributed by atoms with E-state index in [0.717, 1.165) is 22.3 Å². The molecule has 1 aliphatic heterocycles. The first kappa shape index (κ1) is 9.15. The first-order valence-electron chi connectivity index (χ1n) is 5.13. The maximum Gasteiger partial charge on any atom is 0.254 e. The molecule has 0 bridgehead atoms. The van der Waals surface area contributed by atoms with E-state index in [2.05, 4.69) is 10.2 Å². The number of nitrogens with one attached hydrogen (secondary N) is 1. The minimum atomic E-state index is 0.0975. The van der Waals surface area contributed by atoms with Crippen LogP contribution in [0.25, 0.3) is 11.1 Å². The summed E-state index contributed by atoms with van der Waals surface area (Å²) in [5.74, 6) is 0.0975. The predicted molar refractivity (Wildman–Crippen MR) is 59.8 cm³/mol. The van der Waals surface area contributed by atoms with Crippen molar-refractivity contribution in [3.05, 3.63) is 41.7 Å². The van der Waals surface area contributed by atoms with E-state index in [-0.39, 0.29) is 5.91 Å². The van der Waals surface area contributed by atoms with Crippen molar-refractivity contribution in [2.75, 3.05) is 7.05 Å². The molecule has 1 aromatic heterocycles. The van der Waals surface area contributed by atoms with Gasteiger partial charge in [-0.25, -0.2) is 0 Å². The Kier molecular flexibility index (Phi) is 1.83. The third-order valence-electron chi connectivity index (χ3n) is 2.93. The second-order valence-electron chi connectivity index (χ2n) is 4.02. The van der Waals surface area contributed by atoms with Gasteiger partial charge in [-0.3, -0.25) is 9.89 Å². The molecule has 80 valence electrons. The van der Waals surface area contributed by atoms with Crippen molar-refractivity contribution in [1.82, 2.24) is 15.1 Å². The largest absolute Gasteiger partial charge is 0.337 e. The van der Waals surface area contributed by atoms with Crippen LogP contribution in [0.5, 0.6) is 0 Å². The zero-order chi connectivity index (χ0) is 11.1. The molecule has 0 saturated carbocycles. The number of nitrogens with zero attached hydrogens (tertiary/aromatic N) is 2. The summed E-state index contributed by atoms with van der Waals surface area (Å²) in [6, 6.07) is 5.97.